The molecular formula is C15H21N4O2S+. The molecule has 0 fully saturated rings. The molecular weight excluding hydrogens is 300 g/mol. The fourth-order valence-corrected chi connectivity index (χ4v) is 3.09. The SMILES string of the molecule is CNC(=O)C[NH2+]CC(=O)N(C)[C@H](C)c1nc2ccccc2s1. The molecule has 7 heteroatoms. The number of hydrogen-bond donors (Lipinski definition) is 2. The van der Waals surface area contributed by atoms with Gasteiger partial charge in [-0.3, -0.25) is 9.59 Å². The minimum absolute atomic E-state index is 0.0179. The largest absolute Gasteiger partial charge is 0.354 e. The molecule has 2 rings (SSSR count). The van der Waals surface area contributed by atoms with E-state index in [1.54, 1.807) is 35.6 Å². The van der Waals surface area contributed by atoms with E-state index in [9.17, 15) is 9.59 Å². The van der Waals surface area contributed by atoms with E-state index in [2.05, 4.69) is 10.3 Å². The third kappa shape index (κ3) is 3.80. The molecule has 1 aromatic carbocycles. The maximum absolute atomic E-state index is 12.2. The van der Waals surface area contributed by atoms with E-state index in [1.165, 1.54) is 0 Å². The van der Waals surface area contributed by atoms with Crippen LogP contribution in [0.3, 0.4) is 0 Å². The van der Waals surface area contributed by atoms with Crippen LogP contribution in [0.15, 0.2) is 24.3 Å². The van der Waals surface area contributed by atoms with Gasteiger partial charge in [0, 0.05) is 14.1 Å². The average molecular weight is 321 g/mol. The summed E-state index contributed by atoms with van der Waals surface area (Å²) in [7, 11) is 3.35. The predicted molar refractivity (Wildman–Crippen MR) is 86.5 cm³/mol. The number of carbonyl (C=O) groups excluding carboxylic acids is 2. The molecule has 6 nitrogen and oxygen atoms in total. The topological polar surface area (TPSA) is 78.9 Å². The number of nitrogens with zero attached hydrogens (tertiary/aromatic N) is 2. The third-order valence-electron chi connectivity index (χ3n) is 3.57. The van der Waals surface area contributed by atoms with E-state index < -0.39 is 0 Å². The lowest BCUT2D eigenvalue weighted by Crippen LogP contribution is -2.88. The lowest BCUT2D eigenvalue weighted by Gasteiger charge is -2.22. The quantitative estimate of drug-likeness (QED) is 0.793. The second-order valence-electron chi connectivity index (χ2n) is 5.07. The van der Waals surface area contributed by atoms with Crippen LogP contribution in [0.1, 0.15) is 18.0 Å². The summed E-state index contributed by atoms with van der Waals surface area (Å²) in [5, 5.41) is 5.14. The fraction of sp³-hybridized carbons (Fsp3) is 0.400. The van der Waals surface area contributed by atoms with Crippen LogP contribution in [0.2, 0.25) is 0 Å². The number of rotatable bonds is 6. The molecule has 118 valence electrons. The van der Waals surface area contributed by atoms with Crippen LogP contribution in [-0.2, 0) is 9.59 Å². The second kappa shape index (κ2) is 7.33. The van der Waals surface area contributed by atoms with Crippen molar-refractivity contribution >= 4 is 33.4 Å². The first-order chi connectivity index (χ1) is 10.5. The normalized spacial score (nSPS) is 12.1. The van der Waals surface area contributed by atoms with Crippen molar-refractivity contribution in [2.45, 2.75) is 13.0 Å². The number of benzene rings is 1. The van der Waals surface area contributed by atoms with Crippen molar-refractivity contribution in [2.24, 2.45) is 0 Å². The molecule has 0 aliphatic rings. The molecule has 0 saturated carbocycles. The van der Waals surface area contributed by atoms with Crippen molar-refractivity contribution in [2.75, 3.05) is 27.2 Å². The van der Waals surface area contributed by atoms with Gasteiger partial charge >= 0.3 is 0 Å². The van der Waals surface area contributed by atoms with Crippen molar-refractivity contribution in [1.29, 1.82) is 0 Å². The Morgan fingerprint density at radius 3 is 2.77 bits per heavy atom. The zero-order chi connectivity index (χ0) is 16.1. The molecule has 0 bridgehead atoms. The van der Waals surface area contributed by atoms with Crippen molar-refractivity contribution in [3.8, 4) is 0 Å². The first-order valence-electron chi connectivity index (χ1n) is 7.16. The van der Waals surface area contributed by atoms with Gasteiger partial charge in [-0.2, -0.15) is 0 Å². The van der Waals surface area contributed by atoms with Gasteiger partial charge in [-0.25, -0.2) is 4.98 Å². The van der Waals surface area contributed by atoms with Gasteiger partial charge in [-0.1, -0.05) is 12.1 Å². The molecule has 22 heavy (non-hydrogen) atoms. The van der Waals surface area contributed by atoms with Gasteiger partial charge in [0.2, 0.25) is 0 Å². The molecule has 0 saturated heterocycles. The molecule has 1 atom stereocenters. The number of thiazole rings is 1. The van der Waals surface area contributed by atoms with E-state index in [4.69, 9.17) is 0 Å². The second-order valence-corrected chi connectivity index (χ2v) is 6.13. The smallest absolute Gasteiger partial charge is 0.278 e. The van der Waals surface area contributed by atoms with Gasteiger partial charge in [0.1, 0.15) is 5.01 Å². The van der Waals surface area contributed by atoms with Crippen LogP contribution < -0.4 is 10.6 Å². The van der Waals surface area contributed by atoms with Gasteiger partial charge < -0.3 is 15.5 Å². The van der Waals surface area contributed by atoms with E-state index in [1.807, 2.05) is 31.2 Å². The molecule has 0 aliphatic carbocycles. The number of hydrogen-bond acceptors (Lipinski definition) is 4. The number of quaternary nitrogens is 1. The lowest BCUT2D eigenvalue weighted by molar-refractivity contribution is -0.633. The molecule has 0 spiro atoms. The minimum atomic E-state index is -0.0883. The summed E-state index contributed by atoms with van der Waals surface area (Å²) >= 11 is 1.60. The summed E-state index contributed by atoms with van der Waals surface area (Å²) in [5.74, 6) is -0.106. The Balaban J connectivity index is 1.97. The highest BCUT2D eigenvalue weighted by atomic mass is 32.1. The van der Waals surface area contributed by atoms with Crippen molar-refractivity contribution in [3.05, 3.63) is 29.3 Å². The van der Waals surface area contributed by atoms with Crippen LogP contribution in [0.4, 0.5) is 0 Å². The maximum Gasteiger partial charge on any atom is 0.278 e. The summed E-state index contributed by atoms with van der Waals surface area (Å²) in [6.07, 6.45) is 0. The highest BCUT2D eigenvalue weighted by Gasteiger charge is 2.21. The minimum Gasteiger partial charge on any atom is -0.354 e. The van der Waals surface area contributed by atoms with Gasteiger partial charge in [0.25, 0.3) is 11.8 Å². The Kier molecular flexibility index (Phi) is 5.46. The van der Waals surface area contributed by atoms with Crippen LogP contribution in [0.5, 0.6) is 0 Å². The van der Waals surface area contributed by atoms with E-state index in [-0.39, 0.29) is 30.9 Å². The number of likely N-dealkylation sites (N-methyl/N-ethyl adjacent to an activating group) is 2. The molecule has 0 radical (unpaired) electrons. The Labute approximate surface area is 133 Å². The Morgan fingerprint density at radius 2 is 2.09 bits per heavy atom. The molecule has 0 unspecified atom stereocenters. The molecule has 2 amide bonds. The monoisotopic (exact) mass is 321 g/mol. The number of amides is 2. The highest BCUT2D eigenvalue weighted by molar-refractivity contribution is 7.18. The number of aromatic nitrogens is 1. The Hall–Kier alpha value is -1.99. The Bertz CT molecular complexity index is 637. The number of nitrogens with one attached hydrogen (secondary N) is 1. The van der Waals surface area contributed by atoms with E-state index in [0.717, 1.165) is 15.2 Å². The summed E-state index contributed by atoms with van der Waals surface area (Å²) in [4.78, 5) is 29.6. The van der Waals surface area contributed by atoms with Crippen LogP contribution >= 0.6 is 11.3 Å². The average Bonchev–Trinajstić information content (AvgIpc) is 2.97. The third-order valence-corrected chi connectivity index (χ3v) is 4.78. The Morgan fingerprint density at radius 1 is 1.36 bits per heavy atom. The van der Waals surface area contributed by atoms with Crippen LogP contribution in [0.25, 0.3) is 10.2 Å². The zero-order valence-electron chi connectivity index (χ0n) is 13.0. The van der Waals surface area contributed by atoms with Gasteiger partial charge in [-0.05, 0) is 19.1 Å². The standard InChI is InChI=1S/C15H20N4O2S/c1-10(15-18-11-6-4-5-7-12(11)22-15)19(3)14(21)9-17-8-13(20)16-2/h4-7,10,17H,8-9H2,1-3H3,(H,16,20)/p+1/t10-/m1/s1. The number of nitrogens with two attached hydrogens (primary N) is 1. The van der Waals surface area contributed by atoms with Crippen molar-refractivity contribution < 1.29 is 14.9 Å². The summed E-state index contributed by atoms with van der Waals surface area (Å²) in [5.41, 5.74) is 0.960. The number of carbonyl (C=O) groups is 2. The van der Waals surface area contributed by atoms with Gasteiger partial charge in [-0.15, -0.1) is 11.3 Å². The van der Waals surface area contributed by atoms with Crippen LogP contribution in [-0.4, -0.2) is 48.9 Å². The zero-order valence-corrected chi connectivity index (χ0v) is 13.8. The first kappa shape index (κ1) is 16.4. The first-order valence-corrected chi connectivity index (χ1v) is 7.98. The van der Waals surface area contributed by atoms with E-state index in [0.29, 0.717) is 0 Å². The molecule has 1 heterocycles. The predicted octanol–water partition coefficient (Wildman–Crippen LogP) is 0.125. The summed E-state index contributed by atoms with van der Waals surface area (Å²) in [6.45, 7) is 2.47. The molecule has 1 aromatic heterocycles. The van der Waals surface area contributed by atoms with Gasteiger partial charge in [0.15, 0.2) is 13.1 Å². The highest BCUT2D eigenvalue weighted by Crippen LogP contribution is 2.28. The molecule has 3 N–H and O–H groups in total. The summed E-state index contributed by atoms with van der Waals surface area (Å²) in [6, 6.07) is 7.86. The van der Waals surface area contributed by atoms with Gasteiger partial charge in [0.05, 0.1) is 16.3 Å². The molecule has 2 aromatic rings. The fourth-order valence-electron chi connectivity index (χ4n) is 2.02. The lowest BCUT2D eigenvalue weighted by atomic mass is 10.3. The maximum atomic E-state index is 12.2. The number of para-hydroxylation sites is 1. The van der Waals surface area contributed by atoms with Crippen molar-refractivity contribution in [1.82, 2.24) is 15.2 Å². The number of fused-ring (bicyclic) bond motifs is 1. The molecule has 0 aliphatic heterocycles. The van der Waals surface area contributed by atoms with Crippen molar-refractivity contribution in [3.63, 3.8) is 0 Å². The van der Waals surface area contributed by atoms with Crippen LogP contribution in [0, 0.1) is 0 Å². The van der Waals surface area contributed by atoms with E-state index >= 15 is 0 Å². The summed E-state index contributed by atoms with van der Waals surface area (Å²) < 4.78 is 1.12.